The van der Waals surface area contributed by atoms with Crippen molar-refractivity contribution in [3.63, 3.8) is 0 Å². The summed E-state index contributed by atoms with van der Waals surface area (Å²) in [6.07, 6.45) is 0.599. The van der Waals surface area contributed by atoms with Crippen molar-refractivity contribution in [3.8, 4) is 0 Å². The molecule has 1 aromatic carbocycles. The molecule has 15 heavy (non-hydrogen) atoms. The minimum absolute atomic E-state index is 0.0987. The topological polar surface area (TPSA) is 36.0 Å². The molecule has 2 nitrogen and oxygen atoms in total. The Morgan fingerprint density at radius 2 is 2.07 bits per heavy atom. The van der Waals surface area contributed by atoms with E-state index in [-0.39, 0.29) is 10.6 Å². The number of aromatic amines is 1. The van der Waals surface area contributed by atoms with Gasteiger partial charge in [0, 0.05) is 22.5 Å². The molecule has 0 amide bonds. The number of H-pyrrole nitrogens is 1. The van der Waals surface area contributed by atoms with Crippen molar-refractivity contribution in [1.82, 2.24) is 4.98 Å². The largest absolute Gasteiger partial charge is 0.382 e. The van der Waals surface area contributed by atoms with E-state index in [9.17, 15) is 9.50 Å². The van der Waals surface area contributed by atoms with Gasteiger partial charge in [-0.1, -0.05) is 17.7 Å². The van der Waals surface area contributed by atoms with Crippen molar-refractivity contribution in [2.45, 2.75) is 6.10 Å². The molecule has 0 radical (unpaired) electrons. The second kappa shape index (κ2) is 4.04. The third-order valence-electron chi connectivity index (χ3n) is 2.19. The van der Waals surface area contributed by atoms with Crippen LogP contribution in [0.5, 0.6) is 0 Å². The second-order valence-corrected chi connectivity index (χ2v) is 3.57. The predicted molar refractivity (Wildman–Crippen MR) is 56.3 cm³/mol. The van der Waals surface area contributed by atoms with Crippen molar-refractivity contribution in [1.29, 1.82) is 0 Å². The molecule has 0 fully saturated rings. The SMILES string of the molecule is OC(c1ccc[nH]1)c1c(F)cccc1Cl. The third-order valence-corrected chi connectivity index (χ3v) is 2.52. The Morgan fingerprint density at radius 1 is 1.27 bits per heavy atom. The maximum absolute atomic E-state index is 13.4. The summed E-state index contributed by atoms with van der Waals surface area (Å²) in [6.45, 7) is 0. The van der Waals surface area contributed by atoms with Crippen molar-refractivity contribution in [3.05, 3.63) is 58.6 Å². The number of rotatable bonds is 2. The Balaban J connectivity index is 2.46. The molecule has 2 aromatic rings. The van der Waals surface area contributed by atoms with Gasteiger partial charge in [-0.3, -0.25) is 0 Å². The predicted octanol–water partition coefficient (Wildman–Crippen LogP) is 2.89. The molecule has 0 aliphatic carbocycles. The van der Waals surface area contributed by atoms with E-state index in [0.29, 0.717) is 5.69 Å². The Bertz CT molecular complexity index is 435. The highest BCUT2D eigenvalue weighted by molar-refractivity contribution is 6.31. The van der Waals surface area contributed by atoms with Gasteiger partial charge in [0.15, 0.2) is 0 Å². The van der Waals surface area contributed by atoms with Crippen LogP contribution in [0.4, 0.5) is 4.39 Å². The standard InChI is InChI=1S/C11H9ClFNO/c12-7-3-1-4-8(13)10(7)11(15)9-5-2-6-14-9/h1-6,11,14-15H. The van der Waals surface area contributed by atoms with Gasteiger partial charge in [0.2, 0.25) is 0 Å². The molecule has 0 aliphatic rings. The summed E-state index contributed by atoms with van der Waals surface area (Å²) in [5.41, 5.74) is 0.614. The molecule has 1 atom stereocenters. The second-order valence-electron chi connectivity index (χ2n) is 3.16. The Hall–Kier alpha value is -1.32. The molecule has 2 N–H and O–H groups in total. The van der Waals surface area contributed by atoms with Crippen LogP contribution >= 0.6 is 11.6 Å². The van der Waals surface area contributed by atoms with Gasteiger partial charge in [-0.15, -0.1) is 0 Å². The normalized spacial score (nSPS) is 12.7. The minimum Gasteiger partial charge on any atom is -0.382 e. The van der Waals surface area contributed by atoms with Crippen molar-refractivity contribution >= 4 is 11.6 Å². The maximum atomic E-state index is 13.4. The fraction of sp³-hybridized carbons (Fsp3) is 0.0909. The zero-order chi connectivity index (χ0) is 10.8. The number of hydrogen-bond donors (Lipinski definition) is 2. The van der Waals surface area contributed by atoms with Gasteiger partial charge in [0.05, 0.1) is 0 Å². The molecule has 0 aliphatic heterocycles. The first kappa shape index (κ1) is 10.2. The Morgan fingerprint density at radius 3 is 2.67 bits per heavy atom. The fourth-order valence-corrected chi connectivity index (χ4v) is 1.71. The van der Waals surface area contributed by atoms with Crippen molar-refractivity contribution < 1.29 is 9.50 Å². The van der Waals surface area contributed by atoms with Crippen LogP contribution in [0.15, 0.2) is 36.5 Å². The summed E-state index contributed by atoms with van der Waals surface area (Å²) < 4.78 is 13.4. The molecule has 0 spiro atoms. The average molecular weight is 226 g/mol. The van der Waals surface area contributed by atoms with E-state index in [0.717, 1.165) is 0 Å². The summed E-state index contributed by atoms with van der Waals surface area (Å²) in [6, 6.07) is 7.73. The first-order valence-electron chi connectivity index (χ1n) is 4.45. The molecule has 4 heteroatoms. The number of halogens is 2. The Kier molecular flexibility index (Phi) is 2.75. The molecule has 0 saturated carbocycles. The van der Waals surface area contributed by atoms with Gasteiger partial charge in [-0.25, -0.2) is 4.39 Å². The highest BCUT2D eigenvalue weighted by atomic mass is 35.5. The maximum Gasteiger partial charge on any atom is 0.130 e. The van der Waals surface area contributed by atoms with Crippen LogP contribution in [0.25, 0.3) is 0 Å². The summed E-state index contributed by atoms with van der Waals surface area (Å²) in [5, 5.41) is 10.1. The number of aliphatic hydroxyl groups is 1. The lowest BCUT2D eigenvalue weighted by Crippen LogP contribution is -2.03. The molecule has 1 aromatic heterocycles. The van der Waals surface area contributed by atoms with E-state index < -0.39 is 11.9 Å². The first-order chi connectivity index (χ1) is 7.20. The van der Waals surface area contributed by atoms with Gasteiger partial charge in [-0.05, 0) is 24.3 Å². The van der Waals surface area contributed by atoms with Crippen molar-refractivity contribution in [2.75, 3.05) is 0 Å². The summed E-state index contributed by atoms with van der Waals surface area (Å²) in [5.74, 6) is -0.510. The van der Waals surface area contributed by atoms with Crippen LogP contribution in [0.3, 0.4) is 0 Å². The summed E-state index contributed by atoms with van der Waals surface area (Å²) in [7, 11) is 0. The first-order valence-corrected chi connectivity index (χ1v) is 4.83. The van der Waals surface area contributed by atoms with E-state index in [1.54, 1.807) is 24.4 Å². The number of hydrogen-bond acceptors (Lipinski definition) is 1. The van der Waals surface area contributed by atoms with E-state index >= 15 is 0 Å². The van der Waals surface area contributed by atoms with E-state index in [1.165, 1.54) is 12.1 Å². The molecule has 0 saturated heterocycles. The van der Waals surface area contributed by atoms with Gasteiger partial charge in [0.25, 0.3) is 0 Å². The Labute approximate surface area is 91.3 Å². The van der Waals surface area contributed by atoms with Crippen LogP contribution < -0.4 is 0 Å². The van der Waals surface area contributed by atoms with Crippen molar-refractivity contribution in [2.24, 2.45) is 0 Å². The van der Waals surface area contributed by atoms with E-state index in [1.807, 2.05) is 0 Å². The molecular formula is C11H9ClFNO. The highest BCUT2D eigenvalue weighted by Gasteiger charge is 2.18. The minimum atomic E-state index is -1.06. The smallest absolute Gasteiger partial charge is 0.130 e. The monoisotopic (exact) mass is 225 g/mol. The summed E-state index contributed by atoms with van der Waals surface area (Å²) >= 11 is 5.83. The number of aromatic nitrogens is 1. The zero-order valence-corrected chi connectivity index (χ0v) is 8.50. The lowest BCUT2D eigenvalue weighted by atomic mass is 10.1. The number of nitrogens with one attached hydrogen (secondary N) is 1. The van der Waals surface area contributed by atoms with E-state index in [2.05, 4.69) is 4.98 Å². The quantitative estimate of drug-likeness (QED) is 0.810. The van der Waals surface area contributed by atoms with Gasteiger partial charge in [0.1, 0.15) is 11.9 Å². The van der Waals surface area contributed by atoms with Gasteiger partial charge in [-0.2, -0.15) is 0 Å². The molecule has 1 unspecified atom stereocenters. The lowest BCUT2D eigenvalue weighted by molar-refractivity contribution is 0.211. The van der Waals surface area contributed by atoms with Crippen LogP contribution in [0.1, 0.15) is 17.4 Å². The number of aliphatic hydroxyl groups excluding tert-OH is 1. The van der Waals surface area contributed by atoms with E-state index in [4.69, 9.17) is 11.6 Å². The average Bonchev–Trinajstić information content (AvgIpc) is 2.69. The highest BCUT2D eigenvalue weighted by Crippen LogP contribution is 2.29. The number of benzene rings is 1. The lowest BCUT2D eigenvalue weighted by Gasteiger charge is -2.11. The van der Waals surface area contributed by atoms with Crippen LogP contribution in [-0.4, -0.2) is 10.1 Å². The molecule has 0 bridgehead atoms. The summed E-state index contributed by atoms with van der Waals surface area (Å²) in [4.78, 5) is 2.81. The molecule has 1 heterocycles. The molecule has 2 rings (SSSR count). The van der Waals surface area contributed by atoms with Crippen LogP contribution in [-0.2, 0) is 0 Å². The van der Waals surface area contributed by atoms with Crippen LogP contribution in [0, 0.1) is 5.82 Å². The van der Waals surface area contributed by atoms with Gasteiger partial charge < -0.3 is 10.1 Å². The van der Waals surface area contributed by atoms with Gasteiger partial charge >= 0.3 is 0 Å². The zero-order valence-electron chi connectivity index (χ0n) is 7.74. The third kappa shape index (κ3) is 1.89. The molecule has 78 valence electrons. The molecular weight excluding hydrogens is 217 g/mol. The van der Waals surface area contributed by atoms with Crippen LogP contribution in [0.2, 0.25) is 5.02 Å². The fourth-order valence-electron chi connectivity index (χ4n) is 1.44.